The molecule has 2 N–H and O–H groups in total. The average molecular weight is 430 g/mol. The van der Waals surface area contributed by atoms with E-state index in [4.69, 9.17) is 0 Å². The molecule has 7 heteroatoms. The summed E-state index contributed by atoms with van der Waals surface area (Å²) < 4.78 is 27.7. The number of nitrogens with one attached hydrogen (secondary N) is 2. The Balaban J connectivity index is 1.39. The third-order valence-corrected chi connectivity index (χ3v) is 7.09. The molecule has 0 unspecified atom stereocenters. The predicted octanol–water partition coefficient (Wildman–Crippen LogP) is 3.39. The summed E-state index contributed by atoms with van der Waals surface area (Å²) in [5.74, 6) is 0. The van der Waals surface area contributed by atoms with Crippen molar-refractivity contribution in [3.05, 3.63) is 65.2 Å². The summed E-state index contributed by atoms with van der Waals surface area (Å²) in [6.07, 6.45) is 3.06. The van der Waals surface area contributed by atoms with Crippen molar-refractivity contribution >= 4 is 16.1 Å². The lowest BCUT2D eigenvalue weighted by molar-refractivity contribution is 0.180. The molecule has 0 saturated carbocycles. The van der Waals surface area contributed by atoms with Gasteiger partial charge < -0.3 is 10.2 Å². The van der Waals surface area contributed by atoms with Crippen molar-refractivity contribution in [3.63, 3.8) is 0 Å². The molecule has 1 heterocycles. The highest BCUT2D eigenvalue weighted by Crippen LogP contribution is 2.15. The third-order valence-electron chi connectivity index (χ3n) is 5.55. The minimum absolute atomic E-state index is 0.0694. The molecule has 30 heavy (non-hydrogen) atoms. The van der Waals surface area contributed by atoms with Crippen LogP contribution in [0.2, 0.25) is 0 Å². The fourth-order valence-electron chi connectivity index (χ4n) is 3.80. The van der Waals surface area contributed by atoms with Crippen LogP contribution in [0, 0.1) is 13.8 Å². The van der Waals surface area contributed by atoms with Gasteiger partial charge in [0.05, 0.1) is 4.90 Å². The van der Waals surface area contributed by atoms with E-state index in [0.29, 0.717) is 32.5 Å². The molecule has 2 aromatic carbocycles. The molecule has 0 aromatic heterocycles. The highest BCUT2D eigenvalue weighted by molar-refractivity contribution is 7.89. The van der Waals surface area contributed by atoms with Gasteiger partial charge in [0.1, 0.15) is 0 Å². The zero-order valence-corrected chi connectivity index (χ0v) is 18.5. The second kappa shape index (κ2) is 10.1. The van der Waals surface area contributed by atoms with Crippen molar-refractivity contribution in [2.45, 2.75) is 50.5 Å². The van der Waals surface area contributed by atoms with E-state index in [1.165, 1.54) is 16.7 Å². The smallest absolute Gasteiger partial charge is 0.317 e. The number of amides is 2. The molecule has 0 atom stereocenters. The van der Waals surface area contributed by atoms with Crippen LogP contribution in [0.1, 0.15) is 36.0 Å². The fraction of sp³-hybridized carbons (Fsp3) is 0.435. The third kappa shape index (κ3) is 6.06. The summed E-state index contributed by atoms with van der Waals surface area (Å²) in [4.78, 5) is 14.5. The largest absolute Gasteiger partial charge is 0.338 e. The normalized spacial score (nSPS) is 15.2. The minimum atomic E-state index is -3.52. The van der Waals surface area contributed by atoms with Gasteiger partial charge in [-0.2, -0.15) is 0 Å². The number of nitrogens with zero attached hydrogens (tertiary/aromatic N) is 1. The number of benzene rings is 2. The van der Waals surface area contributed by atoms with Gasteiger partial charge >= 0.3 is 6.03 Å². The van der Waals surface area contributed by atoms with Crippen molar-refractivity contribution in [3.8, 4) is 0 Å². The van der Waals surface area contributed by atoms with Gasteiger partial charge in [-0.15, -0.1) is 0 Å². The molecular weight excluding hydrogens is 398 g/mol. The lowest BCUT2D eigenvalue weighted by Gasteiger charge is -2.32. The standard InChI is InChI=1S/C23H31N3O3S/c1-18-10-11-20(19(2)17-18)7-6-14-24-23(27)26-15-12-21(13-16-26)25-30(28,29)22-8-4-3-5-9-22/h3-5,8-11,17,21,25H,6-7,12-16H2,1-2H3,(H,24,27). The van der Waals surface area contributed by atoms with E-state index in [1.807, 2.05) is 0 Å². The first-order valence-corrected chi connectivity index (χ1v) is 12.0. The first-order chi connectivity index (χ1) is 14.3. The number of aryl methyl sites for hydroxylation is 3. The molecule has 0 aliphatic carbocycles. The maximum atomic E-state index is 12.4. The van der Waals surface area contributed by atoms with Crippen molar-refractivity contribution < 1.29 is 13.2 Å². The molecule has 2 aromatic rings. The number of piperidine rings is 1. The predicted molar refractivity (Wildman–Crippen MR) is 119 cm³/mol. The van der Waals surface area contributed by atoms with Crippen molar-refractivity contribution in [2.75, 3.05) is 19.6 Å². The lowest BCUT2D eigenvalue weighted by Crippen LogP contribution is -2.49. The fourth-order valence-corrected chi connectivity index (χ4v) is 5.13. The minimum Gasteiger partial charge on any atom is -0.338 e. The van der Waals surface area contributed by atoms with Crippen LogP contribution in [-0.2, 0) is 16.4 Å². The summed E-state index contributed by atoms with van der Waals surface area (Å²) >= 11 is 0. The van der Waals surface area contributed by atoms with Gasteiger partial charge in [-0.1, -0.05) is 42.0 Å². The van der Waals surface area contributed by atoms with Crippen LogP contribution in [0.25, 0.3) is 0 Å². The molecule has 3 rings (SSSR count). The van der Waals surface area contributed by atoms with Crippen molar-refractivity contribution in [1.29, 1.82) is 0 Å². The quantitative estimate of drug-likeness (QED) is 0.662. The van der Waals surface area contributed by atoms with E-state index in [9.17, 15) is 13.2 Å². The summed E-state index contributed by atoms with van der Waals surface area (Å²) in [7, 11) is -3.52. The molecule has 1 aliphatic rings. The monoisotopic (exact) mass is 429 g/mol. The van der Waals surface area contributed by atoms with Crippen LogP contribution in [0.4, 0.5) is 4.79 Å². The Morgan fingerprint density at radius 2 is 1.77 bits per heavy atom. The number of likely N-dealkylation sites (tertiary alicyclic amines) is 1. The van der Waals surface area contributed by atoms with Crippen molar-refractivity contribution in [2.24, 2.45) is 0 Å². The van der Waals surface area contributed by atoms with Crippen molar-refractivity contribution in [1.82, 2.24) is 14.9 Å². The van der Waals surface area contributed by atoms with Crippen LogP contribution >= 0.6 is 0 Å². The van der Waals surface area contributed by atoms with E-state index in [1.54, 1.807) is 35.2 Å². The topological polar surface area (TPSA) is 78.5 Å². The second-order valence-electron chi connectivity index (χ2n) is 7.96. The highest BCUT2D eigenvalue weighted by Gasteiger charge is 2.26. The average Bonchev–Trinajstić information content (AvgIpc) is 2.73. The van der Waals surface area contributed by atoms with Gasteiger partial charge in [-0.05, 0) is 62.8 Å². The number of hydrogen-bond donors (Lipinski definition) is 2. The molecule has 0 bridgehead atoms. The van der Waals surface area contributed by atoms with E-state index in [0.717, 1.165) is 12.8 Å². The lowest BCUT2D eigenvalue weighted by atomic mass is 10.0. The van der Waals surface area contributed by atoms with Crippen LogP contribution in [0.5, 0.6) is 0 Å². The van der Waals surface area contributed by atoms with E-state index in [-0.39, 0.29) is 17.0 Å². The number of urea groups is 1. The zero-order valence-electron chi connectivity index (χ0n) is 17.7. The first-order valence-electron chi connectivity index (χ1n) is 10.5. The van der Waals surface area contributed by atoms with Crippen LogP contribution in [0.15, 0.2) is 53.4 Å². The Morgan fingerprint density at radius 1 is 1.07 bits per heavy atom. The summed E-state index contributed by atoms with van der Waals surface area (Å²) in [6, 6.07) is 14.6. The van der Waals surface area contributed by atoms with Gasteiger partial charge in [0, 0.05) is 25.7 Å². The van der Waals surface area contributed by atoms with E-state index < -0.39 is 10.0 Å². The molecule has 1 saturated heterocycles. The summed E-state index contributed by atoms with van der Waals surface area (Å²) in [5.41, 5.74) is 3.88. The number of rotatable bonds is 7. The zero-order chi connectivity index (χ0) is 21.6. The number of carbonyl (C=O) groups is 1. The summed E-state index contributed by atoms with van der Waals surface area (Å²) in [5, 5.41) is 2.99. The Hall–Kier alpha value is -2.38. The number of sulfonamides is 1. The molecule has 0 radical (unpaired) electrons. The van der Waals surface area contributed by atoms with Gasteiger partial charge in [-0.3, -0.25) is 0 Å². The number of carbonyl (C=O) groups excluding carboxylic acids is 1. The van der Waals surface area contributed by atoms with E-state index >= 15 is 0 Å². The highest BCUT2D eigenvalue weighted by atomic mass is 32.2. The molecule has 162 valence electrons. The Morgan fingerprint density at radius 3 is 2.43 bits per heavy atom. The Labute approximate surface area is 179 Å². The van der Waals surface area contributed by atoms with Crippen LogP contribution < -0.4 is 10.0 Å². The molecule has 2 amide bonds. The van der Waals surface area contributed by atoms with Gasteiger partial charge in [-0.25, -0.2) is 17.9 Å². The van der Waals surface area contributed by atoms with Gasteiger partial charge in [0.15, 0.2) is 0 Å². The molecular formula is C23H31N3O3S. The molecule has 1 aliphatic heterocycles. The van der Waals surface area contributed by atoms with E-state index in [2.05, 4.69) is 42.1 Å². The van der Waals surface area contributed by atoms with Gasteiger partial charge in [0.2, 0.25) is 10.0 Å². The van der Waals surface area contributed by atoms with Gasteiger partial charge in [0.25, 0.3) is 0 Å². The molecule has 0 spiro atoms. The Bertz CT molecular complexity index is 953. The van der Waals surface area contributed by atoms with Crippen LogP contribution in [-0.4, -0.2) is 45.0 Å². The summed E-state index contributed by atoms with van der Waals surface area (Å²) in [6.45, 7) is 5.94. The maximum absolute atomic E-state index is 12.4. The second-order valence-corrected chi connectivity index (χ2v) is 9.68. The molecule has 6 nitrogen and oxygen atoms in total. The number of hydrogen-bond acceptors (Lipinski definition) is 3. The maximum Gasteiger partial charge on any atom is 0.317 e. The first kappa shape index (κ1) is 22.3. The SMILES string of the molecule is Cc1ccc(CCCNC(=O)N2CCC(NS(=O)(=O)c3ccccc3)CC2)c(C)c1. The Kier molecular flexibility index (Phi) is 7.50. The molecule has 1 fully saturated rings. The van der Waals surface area contributed by atoms with Crippen LogP contribution in [0.3, 0.4) is 0 Å².